The molecule has 8 heteroatoms. The van der Waals surface area contributed by atoms with E-state index in [9.17, 15) is 12.8 Å². The number of halogens is 3. The summed E-state index contributed by atoms with van der Waals surface area (Å²) < 4.78 is 41.7. The van der Waals surface area contributed by atoms with E-state index in [0.717, 1.165) is 16.5 Å². The van der Waals surface area contributed by atoms with E-state index in [-0.39, 0.29) is 33.8 Å². The molecule has 31 heavy (non-hydrogen) atoms. The highest BCUT2D eigenvalue weighted by Crippen LogP contribution is 2.29. The first-order chi connectivity index (χ1) is 14.8. The molecular weight excluding hydrogens is 458 g/mol. The Hall–Kier alpha value is -2.38. The van der Waals surface area contributed by atoms with Crippen molar-refractivity contribution in [3.63, 3.8) is 0 Å². The summed E-state index contributed by atoms with van der Waals surface area (Å²) >= 11 is 12.2. The largest absolute Gasteiger partial charge is 0.361 e. The molecule has 0 aliphatic heterocycles. The second-order valence-electron chi connectivity index (χ2n) is 7.15. The lowest BCUT2D eigenvalue weighted by Crippen LogP contribution is -2.32. The number of para-hydroxylation sites is 1. The topological polar surface area (TPSA) is 53.2 Å². The molecule has 0 aliphatic carbocycles. The molecule has 4 aromatic rings. The van der Waals surface area contributed by atoms with Crippen molar-refractivity contribution in [1.82, 2.24) is 9.29 Å². The van der Waals surface area contributed by atoms with E-state index in [1.54, 1.807) is 18.2 Å². The molecule has 0 spiro atoms. The summed E-state index contributed by atoms with van der Waals surface area (Å²) in [6.45, 7) is 0.290. The molecular formula is C23H19Cl2FN2O2S. The zero-order valence-corrected chi connectivity index (χ0v) is 18.7. The Bertz CT molecular complexity index is 1320. The number of rotatable bonds is 7. The van der Waals surface area contributed by atoms with Crippen molar-refractivity contribution in [2.24, 2.45) is 0 Å². The van der Waals surface area contributed by atoms with Gasteiger partial charge in [0, 0.05) is 35.2 Å². The summed E-state index contributed by atoms with van der Waals surface area (Å²) in [4.78, 5) is 3.15. The fourth-order valence-electron chi connectivity index (χ4n) is 3.48. The van der Waals surface area contributed by atoms with Crippen LogP contribution in [0.1, 0.15) is 11.1 Å². The molecule has 0 atom stereocenters. The third kappa shape index (κ3) is 4.77. The van der Waals surface area contributed by atoms with Crippen LogP contribution in [-0.4, -0.2) is 24.3 Å². The summed E-state index contributed by atoms with van der Waals surface area (Å²) in [6.07, 6.45) is 2.38. The summed E-state index contributed by atoms with van der Waals surface area (Å²) in [5.74, 6) is -0.380. The average molecular weight is 477 g/mol. The van der Waals surface area contributed by atoms with Gasteiger partial charge in [0.15, 0.2) is 0 Å². The third-order valence-electron chi connectivity index (χ3n) is 5.09. The van der Waals surface area contributed by atoms with E-state index in [1.807, 2.05) is 30.5 Å². The normalized spacial score (nSPS) is 12.0. The lowest BCUT2D eigenvalue weighted by molar-refractivity contribution is 0.409. The molecule has 160 valence electrons. The van der Waals surface area contributed by atoms with Gasteiger partial charge in [0.25, 0.3) is 0 Å². The van der Waals surface area contributed by atoms with E-state index in [1.165, 1.54) is 28.6 Å². The summed E-state index contributed by atoms with van der Waals surface area (Å²) in [5, 5.41) is 1.42. The van der Waals surface area contributed by atoms with Crippen LogP contribution in [0.4, 0.5) is 4.39 Å². The number of H-pyrrole nitrogens is 1. The van der Waals surface area contributed by atoms with Crippen LogP contribution in [0.5, 0.6) is 0 Å². The Morgan fingerprint density at radius 1 is 0.968 bits per heavy atom. The second-order valence-corrected chi connectivity index (χ2v) is 9.90. The van der Waals surface area contributed by atoms with Crippen LogP contribution in [0.25, 0.3) is 10.9 Å². The lowest BCUT2D eigenvalue weighted by Gasteiger charge is -2.23. The molecule has 1 aromatic heterocycles. The van der Waals surface area contributed by atoms with Crippen LogP contribution in [0.2, 0.25) is 10.0 Å². The molecule has 0 radical (unpaired) electrons. The van der Waals surface area contributed by atoms with Crippen molar-refractivity contribution in [3.05, 3.63) is 99.9 Å². The molecule has 1 heterocycles. The Kier molecular flexibility index (Phi) is 6.34. The molecule has 4 nitrogen and oxygen atoms in total. The standard InChI is InChI=1S/C23H19Cl2FN2O2S/c24-18-7-10-21(25)23(13-18)31(29,30)28(15-16-5-8-19(26)9-6-16)12-11-17-14-27-22-4-2-1-3-20(17)22/h1-10,13-14,27H,11-12,15H2. The Labute approximate surface area is 190 Å². The van der Waals surface area contributed by atoms with Gasteiger partial charge in [0.2, 0.25) is 10.0 Å². The van der Waals surface area contributed by atoms with E-state index >= 15 is 0 Å². The van der Waals surface area contributed by atoms with Crippen molar-refractivity contribution >= 4 is 44.1 Å². The number of benzene rings is 3. The molecule has 4 rings (SSSR count). The SMILES string of the molecule is O=S(=O)(c1cc(Cl)ccc1Cl)N(CCc1c[nH]c2ccccc12)Cc1ccc(F)cc1. The quantitative estimate of drug-likeness (QED) is 0.353. The molecule has 1 N–H and O–H groups in total. The number of fused-ring (bicyclic) bond motifs is 1. The Balaban J connectivity index is 1.68. The predicted molar refractivity (Wildman–Crippen MR) is 122 cm³/mol. The first kappa shape index (κ1) is 21.8. The van der Waals surface area contributed by atoms with Crippen LogP contribution in [0.3, 0.4) is 0 Å². The Morgan fingerprint density at radius 3 is 2.48 bits per heavy atom. The molecule has 0 aliphatic rings. The molecule has 0 saturated heterocycles. The molecule has 0 saturated carbocycles. The van der Waals surface area contributed by atoms with Gasteiger partial charge in [-0.1, -0.05) is 53.5 Å². The van der Waals surface area contributed by atoms with Crippen LogP contribution in [0.15, 0.2) is 77.8 Å². The zero-order valence-electron chi connectivity index (χ0n) is 16.4. The van der Waals surface area contributed by atoms with Crippen LogP contribution < -0.4 is 0 Å². The van der Waals surface area contributed by atoms with Gasteiger partial charge >= 0.3 is 0 Å². The van der Waals surface area contributed by atoms with Crippen molar-refractivity contribution in [3.8, 4) is 0 Å². The zero-order chi connectivity index (χ0) is 22.0. The third-order valence-corrected chi connectivity index (χ3v) is 7.65. The van der Waals surface area contributed by atoms with Gasteiger partial charge in [0.1, 0.15) is 10.7 Å². The minimum atomic E-state index is -3.96. The van der Waals surface area contributed by atoms with E-state index < -0.39 is 10.0 Å². The fourth-order valence-corrected chi connectivity index (χ4v) is 5.64. The first-order valence-corrected chi connectivity index (χ1v) is 11.8. The number of nitrogens with one attached hydrogen (secondary N) is 1. The summed E-state index contributed by atoms with van der Waals surface area (Å²) in [7, 11) is -3.96. The number of aromatic amines is 1. The highest BCUT2D eigenvalue weighted by molar-refractivity contribution is 7.89. The number of nitrogens with zero attached hydrogens (tertiary/aromatic N) is 1. The minimum absolute atomic E-state index is 0.0531. The van der Waals surface area contributed by atoms with Crippen LogP contribution in [-0.2, 0) is 23.0 Å². The molecule has 0 amide bonds. The smallest absolute Gasteiger partial charge is 0.244 e. The number of hydrogen-bond donors (Lipinski definition) is 1. The molecule has 3 aromatic carbocycles. The van der Waals surface area contributed by atoms with Crippen molar-refractivity contribution in [2.75, 3.05) is 6.54 Å². The first-order valence-electron chi connectivity index (χ1n) is 9.59. The number of hydrogen-bond acceptors (Lipinski definition) is 2. The van der Waals surface area contributed by atoms with Gasteiger partial charge in [-0.2, -0.15) is 4.31 Å². The number of aromatic nitrogens is 1. The maximum Gasteiger partial charge on any atom is 0.244 e. The predicted octanol–water partition coefficient (Wildman–Crippen LogP) is 6.05. The maximum atomic E-state index is 13.5. The summed E-state index contributed by atoms with van der Waals surface area (Å²) in [6, 6.07) is 18.0. The van der Waals surface area contributed by atoms with Gasteiger partial charge in [-0.3, -0.25) is 0 Å². The average Bonchev–Trinajstić information content (AvgIpc) is 3.17. The summed E-state index contributed by atoms with van der Waals surface area (Å²) in [5.41, 5.74) is 2.66. The molecule has 0 bridgehead atoms. The van der Waals surface area contributed by atoms with E-state index in [0.29, 0.717) is 12.0 Å². The highest BCUT2D eigenvalue weighted by Gasteiger charge is 2.27. The van der Waals surface area contributed by atoms with E-state index in [2.05, 4.69) is 4.98 Å². The van der Waals surface area contributed by atoms with Gasteiger partial charge in [-0.15, -0.1) is 0 Å². The molecule has 0 unspecified atom stereocenters. The van der Waals surface area contributed by atoms with Crippen LogP contribution >= 0.6 is 23.2 Å². The van der Waals surface area contributed by atoms with Crippen molar-refractivity contribution < 1.29 is 12.8 Å². The monoisotopic (exact) mass is 476 g/mol. The van der Waals surface area contributed by atoms with E-state index in [4.69, 9.17) is 23.2 Å². The van der Waals surface area contributed by atoms with Crippen molar-refractivity contribution in [2.45, 2.75) is 17.9 Å². The number of sulfonamides is 1. The minimum Gasteiger partial charge on any atom is -0.361 e. The lowest BCUT2D eigenvalue weighted by atomic mass is 10.1. The van der Waals surface area contributed by atoms with Crippen LogP contribution in [0, 0.1) is 5.82 Å². The highest BCUT2D eigenvalue weighted by atomic mass is 35.5. The van der Waals surface area contributed by atoms with Gasteiger partial charge in [-0.05, 0) is 53.9 Å². The van der Waals surface area contributed by atoms with Gasteiger partial charge in [0.05, 0.1) is 5.02 Å². The van der Waals surface area contributed by atoms with Gasteiger partial charge < -0.3 is 4.98 Å². The van der Waals surface area contributed by atoms with Gasteiger partial charge in [-0.25, -0.2) is 12.8 Å². The maximum absolute atomic E-state index is 13.5. The second kappa shape index (κ2) is 9.01. The van der Waals surface area contributed by atoms with Crippen molar-refractivity contribution in [1.29, 1.82) is 0 Å². The fraction of sp³-hybridized carbons (Fsp3) is 0.130. The Morgan fingerprint density at radius 2 is 1.71 bits per heavy atom. The molecule has 0 fully saturated rings.